The second-order valence-corrected chi connectivity index (χ2v) is 7.37. The van der Waals surface area contributed by atoms with Crippen LogP contribution in [0.25, 0.3) is 0 Å². The lowest BCUT2D eigenvalue weighted by molar-refractivity contribution is -0.113. The Labute approximate surface area is 152 Å². The molecule has 1 saturated carbocycles. The van der Waals surface area contributed by atoms with Crippen molar-refractivity contribution in [3.8, 4) is 0 Å². The molecule has 0 unspecified atom stereocenters. The van der Waals surface area contributed by atoms with E-state index in [0.717, 1.165) is 16.7 Å². The Kier molecular flexibility index (Phi) is 5.91. The van der Waals surface area contributed by atoms with Crippen LogP contribution in [0, 0.1) is 6.92 Å². The van der Waals surface area contributed by atoms with E-state index in [1.807, 2.05) is 37.3 Å². The summed E-state index contributed by atoms with van der Waals surface area (Å²) in [6, 6.07) is 7.79. The summed E-state index contributed by atoms with van der Waals surface area (Å²) in [5.74, 6) is 1.81. The van der Waals surface area contributed by atoms with Crippen LogP contribution >= 0.6 is 11.8 Å². The van der Waals surface area contributed by atoms with E-state index in [4.69, 9.17) is 0 Å². The number of aromatic nitrogens is 3. The fourth-order valence-corrected chi connectivity index (χ4v) is 3.91. The van der Waals surface area contributed by atoms with Gasteiger partial charge < -0.3 is 9.88 Å². The molecule has 1 aliphatic rings. The second-order valence-electron chi connectivity index (χ2n) is 6.42. The van der Waals surface area contributed by atoms with Crippen molar-refractivity contribution < 1.29 is 4.79 Å². The molecule has 1 fully saturated rings. The van der Waals surface area contributed by atoms with E-state index in [0.29, 0.717) is 18.2 Å². The summed E-state index contributed by atoms with van der Waals surface area (Å²) in [4.78, 5) is 12.2. The van der Waals surface area contributed by atoms with E-state index in [2.05, 4.69) is 26.7 Å². The smallest absolute Gasteiger partial charge is 0.234 e. The Hall–Kier alpha value is -2.08. The van der Waals surface area contributed by atoms with E-state index in [1.165, 1.54) is 43.0 Å². The summed E-state index contributed by atoms with van der Waals surface area (Å²) >= 11 is 1.43. The standard InChI is InChI=1S/C19H24N4OS/c1-3-12-23-18(15-6-4-5-7-15)21-22-19(23)25-13-17(24)20-16-10-8-14(2)9-11-16/h3,8-11,15H,1,4-7,12-13H2,2H3,(H,20,24). The summed E-state index contributed by atoms with van der Waals surface area (Å²) in [5.41, 5.74) is 1.99. The third-order valence-electron chi connectivity index (χ3n) is 4.45. The highest BCUT2D eigenvalue weighted by Gasteiger charge is 2.24. The maximum atomic E-state index is 12.2. The van der Waals surface area contributed by atoms with Crippen LogP contribution in [0.1, 0.15) is 43.0 Å². The van der Waals surface area contributed by atoms with Gasteiger partial charge in [0.1, 0.15) is 5.82 Å². The molecule has 2 aromatic rings. The molecule has 5 nitrogen and oxygen atoms in total. The summed E-state index contributed by atoms with van der Waals surface area (Å²) in [5, 5.41) is 12.4. The van der Waals surface area contributed by atoms with E-state index in [-0.39, 0.29) is 5.91 Å². The molecule has 1 aromatic heterocycles. The number of hydrogen-bond acceptors (Lipinski definition) is 4. The number of hydrogen-bond donors (Lipinski definition) is 1. The van der Waals surface area contributed by atoms with Gasteiger partial charge in [-0.05, 0) is 31.9 Å². The number of thioether (sulfide) groups is 1. The Morgan fingerprint density at radius 3 is 2.72 bits per heavy atom. The fraction of sp³-hybridized carbons (Fsp3) is 0.421. The number of allylic oxidation sites excluding steroid dienone is 1. The average molecular weight is 356 g/mol. The SMILES string of the molecule is C=CCn1c(SCC(=O)Nc2ccc(C)cc2)nnc1C1CCCC1. The van der Waals surface area contributed by atoms with Crippen LogP contribution in [-0.4, -0.2) is 26.4 Å². The lowest BCUT2D eigenvalue weighted by Gasteiger charge is -2.12. The van der Waals surface area contributed by atoms with Crippen molar-refractivity contribution in [2.24, 2.45) is 0 Å². The van der Waals surface area contributed by atoms with E-state index < -0.39 is 0 Å². The van der Waals surface area contributed by atoms with Gasteiger partial charge in [0.25, 0.3) is 0 Å². The predicted octanol–water partition coefficient (Wildman–Crippen LogP) is 4.16. The molecule has 6 heteroatoms. The molecule has 1 N–H and O–H groups in total. The molecule has 1 amide bonds. The van der Waals surface area contributed by atoms with Crippen molar-refractivity contribution >= 4 is 23.4 Å². The van der Waals surface area contributed by atoms with Crippen LogP contribution in [0.3, 0.4) is 0 Å². The van der Waals surface area contributed by atoms with Gasteiger partial charge in [0.2, 0.25) is 5.91 Å². The number of nitrogens with zero attached hydrogens (tertiary/aromatic N) is 3. The number of carbonyl (C=O) groups excluding carboxylic acids is 1. The lowest BCUT2D eigenvalue weighted by atomic mass is 10.1. The molecule has 0 radical (unpaired) electrons. The first-order chi connectivity index (χ1) is 12.2. The fourth-order valence-electron chi connectivity index (χ4n) is 3.16. The Morgan fingerprint density at radius 1 is 1.32 bits per heavy atom. The van der Waals surface area contributed by atoms with Gasteiger partial charge in [-0.2, -0.15) is 0 Å². The lowest BCUT2D eigenvalue weighted by Crippen LogP contribution is -2.15. The van der Waals surface area contributed by atoms with Gasteiger partial charge in [-0.1, -0.05) is 48.4 Å². The highest BCUT2D eigenvalue weighted by atomic mass is 32.2. The first-order valence-corrected chi connectivity index (χ1v) is 9.69. The molecule has 132 valence electrons. The van der Waals surface area contributed by atoms with Crippen molar-refractivity contribution in [1.29, 1.82) is 0 Å². The molecule has 0 spiro atoms. The van der Waals surface area contributed by atoms with E-state index in [1.54, 1.807) is 0 Å². The maximum Gasteiger partial charge on any atom is 0.234 e. The van der Waals surface area contributed by atoms with Gasteiger partial charge in [-0.25, -0.2) is 0 Å². The number of nitrogens with one attached hydrogen (secondary N) is 1. The van der Waals surface area contributed by atoms with Gasteiger partial charge >= 0.3 is 0 Å². The van der Waals surface area contributed by atoms with Crippen LogP contribution < -0.4 is 5.32 Å². The quantitative estimate of drug-likeness (QED) is 0.598. The number of amides is 1. The summed E-state index contributed by atoms with van der Waals surface area (Å²) < 4.78 is 2.10. The van der Waals surface area contributed by atoms with Gasteiger partial charge in [0.15, 0.2) is 5.16 Å². The molecule has 3 rings (SSSR count). The number of anilines is 1. The molecule has 1 aromatic carbocycles. The first kappa shape index (κ1) is 17.7. The molecule has 0 aliphatic heterocycles. The van der Waals surface area contributed by atoms with Crippen LogP contribution in [0.2, 0.25) is 0 Å². The van der Waals surface area contributed by atoms with E-state index >= 15 is 0 Å². The van der Waals surface area contributed by atoms with Crippen LogP contribution in [-0.2, 0) is 11.3 Å². The first-order valence-electron chi connectivity index (χ1n) is 8.70. The number of rotatable bonds is 7. The zero-order valence-corrected chi connectivity index (χ0v) is 15.4. The largest absolute Gasteiger partial charge is 0.325 e. The molecular weight excluding hydrogens is 332 g/mol. The topological polar surface area (TPSA) is 59.8 Å². The molecule has 0 atom stereocenters. The van der Waals surface area contributed by atoms with Crippen molar-refractivity contribution in [1.82, 2.24) is 14.8 Å². The van der Waals surface area contributed by atoms with Crippen molar-refractivity contribution in [3.05, 3.63) is 48.3 Å². The monoisotopic (exact) mass is 356 g/mol. The molecule has 25 heavy (non-hydrogen) atoms. The Morgan fingerprint density at radius 2 is 2.04 bits per heavy atom. The van der Waals surface area contributed by atoms with Gasteiger partial charge in [0.05, 0.1) is 5.75 Å². The van der Waals surface area contributed by atoms with Crippen molar-refractivity contribution in [2.75, 3.05) is 11.1 Å². The maximum absolute atomic E-state index is 12.2. The predicted molar refractivity (Wildman–Crippen MR) is 102 cm³/mol. The third kappa shape index (κ3) is 4.51. The van der Waals surface area contributed by atoms with E-state index in [9.17, 15) is 4.79 Å². The Balaban J connectivity index is 1.62. The van der Waals surface area contributed by atoms with Crippen LogP contribution in [0.4, 0.5) is 5.69 Å². The molecular formula is C19H24N4OS. The number of aryl methyl sites for hydroxylation is 1. The number of carbonyl (C=O) groups is 1. The highest BCUT2D eigenvalue weighted by molar-refractivity contribution is 7.99. The zero-order valence-electron chi connectivity index (χ0n) is 14.6. The third-order valence-corrected chi connectivity index (χ3v) is 5.41. The minimum Gasteiger partial charge on any atom is -0.325 e. The zero-order chi connectivity index (χ0) is 17.6. The molecule has 1 aliphatic carbocycles. The highest BCUT2D eigenvalue weighted by Crippen LogP contribution is 2.34. The van der Waals surface area contributed by atoms with Crippen molar-refractivity contribution in [3.63, 3.8) is 0 Å². The minimum absolute atomic E-state index is 0.0376. The summed E-state index contributed by atoms with van der Waals surface area (Å²) in [6.07, 6.45) is 6.72. The normalized spacial score (nSPS) is 14.6. The minimum atomic E-state index is -0.0376. The number of benzene rings is 1. The molecule has 0 bridgehead atoms. The summed E-state index contributed by atoms with van der Waals surface area (Å²) in [6.45, 7) is 6.54. The Bertz CT molecular complexity index is 732. The summed E-state index contributed by atoms with van der Waals surface area (Å²) in [7, 11) is 0. The average Bonchev–Trinajstić information content (AvgIpc) is 3.25. The van der Waals surface area contributed by atoms with Gasteiger partial charge in [-0.15, -0.1) is 16.8 Å². The van der Waals surface area contributed by atoms with Crippen LogP contribution in [0.15, 0.2) is 42.1 Å². The second kappa shape index (κ2) is 8.34. The van der Waals surface area contributed by atoms with Gasteiger partial charge in [0, 0.05) is 18.2 Å². The molecule has 0 saturated heterocycles. The van der Waals surface area contributed by atoms with Crippen molar-refractivity contribution in [2.45, 2.75) is 50.2 Å². The van der Waals surface area contributed by atoms with Crippen LogP contribution in [0.5, 0.6) is 0 Å². The van der Waals surface area contributed by atoms with Gasteiger partial charge in [-0.3, -0.25) is 4.79 Å². The molecule has 1 heterocycles.